The van der Waals surface area contributed by atoms with Gasteiger partial charge >= 0.3 is 0 Å². The second-order valence-electron chi connectivity index (χ2n) is 6.55. The van der Waals surface area contributed by atoms with Crippen LogP contribution in [0.15, 0.2) is 18.2 Å². The predicted octanol–water partition coefficient (Wildman–Crippen LogP) is 5.03. The van der Waals surface area contributed by atoms with Crippen molar-refractivity contribution < 1.29 is 4.79 Å². The van der Waals surface area contributed by atoms with E-state index < -0.39 is 0 Å². The van der Waals surface area contributed by atoms with Gasteiger partial charge in [0.2, 0.25) is 0 Å². The third kappa shape index (κ3) is 4.77. The van der Waals surface area contributed by atoms with Gasteiger partial charge in [-0.05, 0) is 58.3 Å². The summed E-state index contributed by atoms with van der Waals surface area (Å²) in [5, 5.41) is 4.68. The van der Waals surface area contributed by atoms with Crippen LogP contribution in [0.2, 0.25) is 10.0 Å². The van der Waals surface area contributed by atoms with Crippen molar-refractivity contribution in [2.75, 3.05) is 26.2 Å². The quantitative estimate of drug-likeness (QED) is 0.649. The minimum absolute atomic E-state index is 0.0643. The van der Waals surface area contributed by atoms with E-state index in [2.05, 4.69) is 15.2 Å². The molecule has 26 heavy (non-hydrogen) atoms. The Morgan fingerprint density at radius 2 is 2.04 bits per heavy atom. The number of hydrogen-bond acceptors (Lipinski definition) is 4. The molecule has 1 aromatic carbocycles. The summed E-state index contributed by atoms with van der Waals surface area (Å²) in [7, 11) is 0. The van der Waals surface area contributed by atoms with Gasteiger partial charge in [-0.15, -0.1) is 11.3 Å². The van der Waals surface area contributed by atoms with E-state index in [1.807, 2.05) is 19.1 Å². The lowest BCUT2D eigenvalue weighted by atomic mass is 10.2. The van der Waals surface area contributed by atoms with E-state index in [1.165, 1.54) is 37.3 Å². The van der Waals surface area contributed by atoms with Crippen LogP contribution in [-0.2, 0) is 0 Å². The minimum Gasteiger partial charge on any atom is -0.351 e. The SMILES string of the molecule is Cc1nc(-c2cccc(Cl)c2Cl)sc1C(=O)NCCCCN1CCCC1. The van der Waals surface area contributed by atoms with Gasteiger partial charge in [0, 0.05) is 12.1 Å². The molecule has 140 valence electrons. The highest BCUT2D eigenvalue weighted by atomic mass is 35.5. The Bertz CT molecular complexity index is 772. The number of hydrogen-bond donors (Lipinski definition) is 1. The fourth-order valence-electron chi connectivity index (χ4n) is 3.14. The summed E-state index contributed by atoms with van der Waals surface area (Å²) in [6.07, 6.45) is 4.75. The summed E-state index contributed by atoms with van der Waals surface area (Å²) in [6.45, 7) is 6.12. The van der Waals surface area contributed by atoms with Crippen LogP contribution in [0.25, 0.3) is 10.6 Å². The lowest BCUT2D eigenvalue weighted by molar-refractivity contribution is 0.0956. The van der Waals surface area contributed by atoms with E-state index in [0.29, 0.717) is 26.5 Å². The molecule has 0 unspecified atom stereocenters. The van der Waals surface area contributed by atoms with Gasteiger partial charge in [0.15, 0.2) is 0 Å². The van der Waals surface area contributed by atoms with Crippen molar-refractivity contribution in [2.45, 2.75) is 32.6 Å². The van der Waals surface area contributed by atoms with E-state index in [4.69, 9.17) is 23.2 Å². The Morgan fingerprint density at radius 1 is 1.27 bits per heavy atom. The Morgan fingerprint density at radius 3 is 2.81 bits per heavy atom. The van der Waals surface area contributed by atoms with E-state index in [-0.39, 0.29) is 5.91 Å². The van der Waals surface area contributed by atoms with Crippen molar-refractivity contribution in [1.29, 1.82) is 0 Å². The molecule has 1 aliphatic rings. The minimum atomic E-state index is -0.0643. The first kappa shape index (κ1) is 19.6. The van der Waals surface area contributed by atoms with Gasteiger partial charge in [-0.3, -0.25) is 4.79 Å². The molecule has 1 aliphatic heterocycles. The van der Waals surface area contributed by atoms with Crippen molar-refractivity contribution >= 4 is 40.4 Å². The fourth-order valence-corrected chi connectivity index (χ4v) is 4.60. The standard InChI is InChI=1S/C19H23Cl2N3OS/c1-13-17(18(25)22-9-2-3-10-24-11-4-5-12-24)26-19(23-13)14-7-6-8-15(20)16(14)21/h6-8H,2-5,9-12H2,1H3,(H,22,25). The van der Waals surface area contributed by atoms with Crippen molar-refractivity contribution in [1.82, 2.24) is 15.2 Å². The molecule has 1 saturated heterocycles. The first-order valence-electron chi connectivity index (χ1n) is 8.98. The van der Waals surface area contributed by atoms with E-state index in [0.717, 1.165) is 30.6 Å². The van der Waals surface area contributed by atoms with Gasteiger partial charge in [-0.2, -0.15) is 0 Å². The maximum atomic E-state index is 12.5. The Kier molecular flexibility index (Phi) is 6.92. The zero-order chi connectivity index (χ0) is 18.5. The summed E-state index contributed by atoms with van der Waals surface area (Å²) < 4.78 is 0. The van der Waals surface area contributed by atoms with Gasteiger partial charge < -0.3 is 10.2 Å². The number of thiazole rings is 1. The molecule has 1 fully saturated rings. The molecule has 1 aromatic heterocycles. The number of carbonyl (C=O) groups excluding carboxylic acids is 1. The van der Waals surface area contributed by atoms with Crippen molar-refractivity contribution in [3.05, 3.63) is 38.8 Å². The van der Waals surface area contributed by atoms with Crippen molar-refractivity contribution in [3.8, 4) is 10.6 Å². The van der Waals surface area contributed by atoms with Crippen LogP contribution in [0.4, 0.5) is 0 Å². The van der Waals surface area contributed by atoms with Crippen LogP contribution in [0.1, 0.15) is 41.0 Å². The largest absolute Gasteiger partial charge is 0.351 e. The summed E-state index contributed by atoms with van der Waals surface area (Å²) in [6, 6.07) is 5.44. The van der Waals surface area contributed by atoms with Crippen LogP contribution in [0.5, 0.6) is 0 Å². The zero-order valence-corrected chi connectivity index (χ0v) is 17.2. The average Bonchev–Trinajstić information content (AvgIpc) is 3.26. The summed E-state index contributed by atoms with van der Waals surface area (Å²) in [4.78, 5) is 20.1. The number of aryl methyl sites for hydroxylation is 1. The molecule has 0 spiro atoms. The fraction of sp³-hybridized carbons (Fsp3) is 0.474. The second-order valence-corrected chi connectivity index (χ2v) is 8.33. The maximum Gasteiger partial charge on any atom is 0.263 e. The number of likely N-dealkylation sites (tertiary alicyclic amines) is 1. The second kappa shape index (κ2) is 9.18. The number of amides is 1. The van der Waals surface area contributed by atoms with Crippen LogP contribution < -0.4 is 5.32 Å². The molecule has 2 heterocycles. The van der Waals surface area contributed by atoms with Gasteiger partial charge in [0.05, 0.1) is 15.7 Å². The molecule has 4 nitrogen and oxygen atoms in total. The summed E-state index contributed by atoms with van der Waals surface area (Å²) in [5.74, 6) is -0.0643. The number of halogens is 2. The van der Waals surface area contributed by atoms with Crippen LogP contribution in [0.3, 0.4) is 0 Å². The van der Waals surface area contributed by atoms with Gasteiger partial charge in [0.25, 0.3) is 5.91 Å². The van der Waals surface area contributed by atoms with Crippen LogP contribution >= 0.6 is 34.5 Å². The molecule has 3 rings (SSSR count). The topological polar surface area (TPSA) is 45.2 Å². The Labute approximate surface area is 168 Å². The predicted molar refractivity (Wildman–Crippen MR) is 110 cm³/mol. The number of benzene rings is 1. The number of rotatable bonds is 7. The number of aromatic nitrogens is 1. The molecule has 0 aliphatic carbocycles. The van der Waals surface area contributed by atoms with Crippen molar-refractivity contribution in [3.63, 3.8) is 0 Å². The number of unbranched alkanes of at least 4 members (excludes halogenated alkanes) is 1. The molecule has 0 saturated carbocycles. The first-order valence-corrected chi connectivity index (χ1v) is 10.6. The number of nitrogens with one attached hydrogen (secondary N) is 1. The van der Waals surface area contributed by atoms with Gasteiger partial charge in [-0.25, -0.2) is 4.98 Å². The number of carbonyl (C=O) groups is 1. The average molecular weight is 412 g/mol. The van der Waals surface area contributed by atoms with Gasteiger partial charge in [0.1, 0.15) is 9.88 Å². The first-order chi connectivity index (χ1) is 12.6. The van der Waals surface area contributed by atoms with E-state index >= 15 is 0 Å². The maximum absolute atomic E-state index is 12.5. The third-order valence-corrected chi connectivity index (χ3v) is 6.58. The lowest BCUT2D eigenvalue weighted by Crippen LogP contribution is -2.26. The molecule has 1 amide bonds. The van der Waals surface area contributed by atoms with Crippen LogP contribution in [-0.4, -0.2) is 42.0 Å². The van der Waals surface area contributed by atoms with Crippen molar-refractivity contribution in [2.24, 2.45) is 0 Å². The molecular formula is C19H23Cl2N3OS. The molecule has 1 N–H and O–H groups in total. The highest BCUT2D eigenvalue weighted by Crippen LogP contribution is 2.36. The Balaban J connectivity index is 1.54. The summed E-state index contributed by atoms with van der Waals surface area (Å²) in [5.41, 5.74) is 1.48. The van der Waals surface area contributed by atoms with E-state index in [9.17, 15) is 4.79 Å². The molecule has 0 bridgehead atoms. The molecule has 0 atom stereocenters. The molecular weight excluding hydrogens is 389 g/mol. The molecule has 2 aromatic rings. The highest BCUT2D eigenvalue weighted by molar-refractivity contribution is 7.17. The Hall–Kier alpha value is -1.14. The highest BCUT2D eigenvalue weighted by Gasteiger charge is 2.18. The third-order valence-electron chi connectivity index (χ3n) is 4.57. The van der Waals surface area contributed by atoms with E-state index in [1.54, 1.807) is 6.07 Å². The zero-order valence-electron chi connectivity index (χ0n) is 14.9. The van der Waals surface area contributed by atoms with Crippen LogP contribution in [0, 0.1) is 6.92 Å². The smallest absolute Gasteiger partial charge is 0.263 e. The normalized spacial score (nSPS) is 14.7. The lowest BCUT2D eigenvalue weighted by Gasteiger charge is -2.13. The monoisotopic (exact) mass is 411 g/mol. The summed E-state index contributed by atoms with van der Waals surface area (Å²) >= 11 is 13.7. The molecule has 0 radical (unpaired) electrons. The van der Waals surface area contributed by atoms with Gasteiger partial charge in [-0.1, -0.05) is 35.3 Å². The number of nitrogens with zero attached hydrogens (tertiary/aromatic N) is 2. The molecule has 7 heteroatoms.